The third-order valence-corrected chi connectivity index (χ3v) is 4.19. The molecule has 1 N–H and O–H groups in total. The minimum atomic E-state index is 0.0689. The highest BCUT2D eigenvalue weighted by Gasteiger charge is 2.24. The molecule has 96 valence electrons. The minimum absolute atomic E-state index is 0.0689. The third kappa shape index (κ3) is 3.46. The summed E-state index contributed by atoms with van der Waals surface area (Å²) in [7, 11) is 2.11. The van der Waals surface area contributed by atoms with Crippen molar-refractivity contribution in [3.63, 3.8) is 0 Å². The maximum absolute atomic E-state index is 9.14. The molecule has 0 saturated heterocycles. The van der Waals surface area contributed by atoms with Gasteiger partial charge in [0, 0.05) is 23.2 Å². The van der Waals surface area contributed by atoms with Crippen molar-refractivity contribution < 1.29 is 5.11 Å². The molecule has 1 atom stereocenters. The van der Waals surface area contributed by atoms with Gasteiger partial charge in [-0.25, -0.2) is 0 Å². The van der Waals surface area contributed by atoms with Crippen molar-refractivity contribution >= 4 is 21.6 Å². The topological polar surface area (TPSA) is 23.5 Å². The number of rotatable bonds is 3. The van der Waals surface area contributed by atoms with Gasteiger partial charge in [0.2, 0.25) is 0 Å². The van der Waals surface area contributed by atoms with Crippen LogP contribution >= 0.6 is 15.9 Å². The molecule has 0 saturated carbocycles. The molecule has 0 amide bonds. The van der Waals surface area contributed by atoms with Crippen LogP contribution in [0, 0.1) is 5.41 Å². The highest BCUT2D eigenvalue weighted by Crippen LogP contribution is 2.30. The number of hydrogen-bond acceptors (Lipinski definition) is 2. The van der Waals surface area contributed by atoms with E-state index in [0.717, 1.165) is 15.7 Å². The van der Waals surface area contributed by atoms with Crippen molar-refractivity contribution in [3.8, 4) is 0 Å². The Labute approximate surface area is 113 Å². The summed E-state index contributed by atoms with van der Waals surface area (Å²) in [6, 6.07) is 6.52. The van der Waals surface area contributed by atoms with E-state index in [9.17, 15) is 0 Å². The van der Waals surface area contributed by atoms with Gasteiger partial charge >= 0.3 is 0 Å². The normalized spacial score (nSPS) is 13.6. The highest BCUT2D eigenvalue weighted by molar-refractivity contribution is 9.10. The molecule has 2 nitrogen and oxygen atoms in total. The average molecular weight is 300 g/mol. The van der Waals surface area contributed by atoms with E-state index in [2.05, 4.69) is 67.7 Å². The lowest BCUT2D eigenvalue weighted by Gasteiger charge is -2.37. The van der Waals surface area contributed by atoms with E-state index in [1.165, 1.54) is 0 Å². The van der Waals surface area contributed by atoms with Gasteiger partial charge in [-0.3, -0.25) is 0 Å². The quantitative estimate of drug-likeness (QED) is 0.917. The Morgan fingerprint density at radius 3 is 2.35 bits per heavy atom. The molecule has 17 heavy (non-hydrogen) atoms. The summed E-state index contributed by atoms with van der Waals surface area (Å²) >= 11 is 3.49. The number of aliphatic hydroxyl groups excluding tert-OH is 1. The molecule has 0 heterocycles. The van der Waals surface area contributed by atoms with Gasteiger partial charge in [-0.1, -0.05) is 42.8 Å². The van der Waals surface area contributed by atoms with Gasteiger partial charge in [0.25, 0.3) is 0 Å². The van der Waals surface area contributed by atoms with E-state index in [1.54, 1.807) is 0 Å². The van der Waals surface area contributed by atoms with Gasteiger partial charge in [0.15, 0.2) is 0 Å². The molecule has 0 aliphatic rings. The Bertz CT molecular complexity index is 384. The molecular weight excluding hydrogens is 278 g/mol. The molecule has 0 spiro atoms. The zero-order valence-corrected chi connectivity index (χ0v) is 12.9. The Hall–Kier alpha value is -0.540. The van der Waals surface area contributed by atoms with Crippen LogP contribution in [0.4, 0.5) is 5.69 Å². The Balaban J connectivity index is 2.97. The molecule has 3 heteroatoms. The zero-order valence-electron chi connectivity index (χ0n) is 11.3. The average Bonchev–Trinajstić information content (AvgIpc) is 2.25. The number of anilines is 1. The minimum Gasteiger partial charge on any atom is -0.392 e. The Morgan fingerprint density at radius 1 is 1.35 bits per heavy atom. The molecule has 0 aliphatic carbocycles. The summed E-state index contributed by atoms with van der Waals surface area (Å²) in [4.78, 5) is 2.27. The standard InChI is InChI=1S/C14H22BrNO/c1-10(14(2,3)4)16(5)12-7-6-11(9-17)13(15)8-12/h6-8,10,17H,9H2,1-5H3. The summed E-state index contributed by atoms with van der Waals surface area (Å²) in [5.41, 5.74) is 2.32. The summed E-state index contributed by atoms with van der Waals surface area (Å²) in [5.74, 6) is 0. The number of nitrogens with zero attached hydrogens (tertiary/aromatic N) is 1. The van der Waals surface area contributed by atoms with Crippen LogP contribution in [-0.4, -0.2) is 18.2 Å². The fourth-order valence-corrected chi connectivity index (χ4v) is 2.18. The predicted octanol–water partition coefficient (Wildman–Crippen LogP) is 3.81. The molecule has 1 unspecified atom stereocenters. The largest absolute Gasteiger partial charge is 0.392 e. The maximum Gasteiger partial charge on any atom is 0.0692 e. The van der Waals surface area contributed by atoms with E-state index in [1.807, 2.05) is 6.07 Å². The van der Waals surface area contributed by atoms with Crippen LogP contribution in [-0.2, 0) is 6.61 Å². The van der Waals surface area contributed by atoms with Gasteiger partial charge in [-0.15, -0.1) is 0 Å². The molecule has 1 rings (SSSR count). The number of aliphatic hydroxyl groups is 1. The first-order chi connectivity index (χ1) is 7.77. The monoisotopic (exact) mass is 299 g/mol. The van der Waals surface area contributed by atoms with Crippen LogP contribution < -0.4 is 4.90 Å². The zero-order chi connectivity index (χ0) is 13.2. The van der Waals surface area contributed by atoms with Crippen LogP contribution in [0.5, 0.6) is 0 Å². The van der Waals surface area contributed by atoms with E-state index in [4.69, 9.17) is 5.11 Å². The first-order valence-corrected chi connectivity index (χ1v) is 6.68. The second-order valence-corrected chi connectivity index (χ2v) is 6.44. The predicted molar refractivity (Wildman–Crippen MR) is 77.4 cm³/mol. The Kier molecular flexibility index (Phi) is 4.62. The molecule has 0 aliphatic heterocycles. The number of hydrogen-bond donors (Lipinski definition) is 1. The van der Waals surface area contributed by atoms with E-state index >= 15 is 0 Å². The fourth-order valence-electron chi connectivity index (χ4n) is 1.69. The molecule has 1 aromatic rings. The highest BCUT2D eigenvalue weighted by atomic mass is 79.9. The summed E-state index contributed by atoms with van der Waals surface area (Å²) in [5, 5.41) is 9.14. The van der Waals surface area contributed by atoms with Gasteiger partial charge in [-0.05, 0) is 30.0 Å². The Morgan fingerprint density at radius 2 is 1.94 bits per heavy atom. The third-order valence-electron chi connectivity index (χ3n) is 3.45. The van der Waals surface area contributed by atoms with Crippen LogP contribution in [0.3, 0.4) is 0 Å². The SMILES string of the molecule is CC(N(C)c1ccc(CO)c(Br)c1)C(C)(C)C. The summed E-state index contributed by atoms with van der Waals surface area (Å²) < 4.78 is 0.963. The first-order valence-electron chi connectivity index (χ1n) is 5.89. The van der Waals surface area contributed by atoms with Crippen LogP contribution in [0.15, 0.2) is 22.7 Å². The molecule has 1 aromatic carbocycles. The van der Waals surface area contributed by atoms with Crippen molar-refractivity contribution in [3.05, 3.63) is 28.2 Å². The lowest BCUT2D eigenvalue weighted by molar-refractivity contribution is 0.281. The van der Waals surface area contributed by atoms with Crippen molar-refractivity contribution in [1.29, 1.82) is 0 Å². The van der Waals surface area contributed by atoms with Crippen molar-refractivity contribution in [2.24, 2.45) is 5.41 Å². The maximum atomic E-state index is 9.14. The van der Waals surface area contributed by atoms with Crippen LogP contribution in [0.25, 0.3) is 0 Å². The van der Waals surface area contributed by atoms with Crippen molar-refractivity contribution in [2.45, 2.75) is 40.3 Å². The first kappa shape index (κ1) is 14.5. The number of halogens is 1. The van der Waals surface area contributed by atoms with E-state index in [-0.39, 0.29) is 12.0 Å². The van der Waals surface area contributed by atoms with Gasteiger partial charge in [0.05, 0.1) is 6.61 Å². The molecule has 0 radical (unpaired) electrons. The molecular formula is C14H22BrNO. The molecule has 0 bridgehead atoms. The van der Waals surface area contributed by atoms with Crippen LogP contribution in [0.1, 0.15) is 33.3 Å². The van der Waals surface area contributed by atoms with Gasteiger partial charge in [-0.2, -0.15) is 0 Å². The lowest BCUT2D eigenvalue weighted by atomic mass is 9.87. The van der Waals surface area contributed by atoms with Gasteiger partial charge in [0.1, 0.15) is 0 Å². The second-order valence-electron chi connectivity index (χ2n) is 5.59. The van der Waals surface area contributed by atoms with Crippen molar-refractivity contribution in [1.82, 2.24) is 0 Å². The summed E-state index contributed by atoms with van der Waals surface area (Å²) in [6.07, 6.45) is 0. The van der Waals surface area contributed by atoms with Crippen molar-refractivity contribution in [2.75, 3.05) is 11.9 Å². The smallest absolute Gasteiger partial charge is 0.0692 e. The fraction of sp³-hybridized carbons (Fsp3) is 0.571. The molecule has 0 fully saturated rings. The van der Waals surface area contributed by atoms with Crippen LogP contribution in [0.2, 0.25) is 0 Å². The van der Waals surface area contributed by atoms with E-state index < -0.39 is 0 Å². The number of benzene rings is 1. The lowest BCUT2D eigenvalue weighted by Crippen LogP contribution is -2.39. The van der Waals surface area contributed by atoms with Gasteiger partial charge < -0.3 is 10.0 Å². The molecule has 0 aromatic heterocycles. The summed E-state index contributed by atoms with van der Waals surface area (Å²) in [6.45, 7) is 9.02. The second kappa shape index (κ2) is 5.40. The van der Waals surface area contributed by atoms with E-state index in [0.29, 0.717) is 6.04 Å².